The number of hydrogen-bond acceptors (Lipinski definition) is 3. The Balaban J connectivity index is 1.59. The van der Waals surface area contributed by atoms with Gasteiger partial charge in [-0.25, -0.2) is 4.79 Å². The van der Waals surface area contributed by atoms with Gasteiger partial charge in [0.1, 0.15) is 0 Å². The minimum atomic E-state index is -0.0179. The van der Waals surface area contributed by atoms with Gasteiger partial charge in [-0.15, -0.1) is 11.8 Å². The van der Waals surface area contributed by atoms with Crippen LogP contribution in [0.5, 0.6) is 0 Å². The Labute approximate surface area is 154 Å². The molecule has 0 aliphatic carbocycles. The first-order valence-electron chi connectivity index (χ1n) is 9.17. The lowest BCUT2D eigenvalue weighted by Crippen LogP contribution is -2.47. The molecule has 0 spiro atoms. The molecule has 2 heterocycles. The van der Waals surface area contributed by atoms with E-state index in [9.17, 15) is 9.59 Å². The fourth-order valence-electron chi connectivity index (χ4n) is 3.71. The highest BCUT2D eigenvalue weighted by Crippen LogP contribution is 2.24. The number of likely N-dealkylation sites (tertiary alicyclic amines) is 2. The van der Waals surface area contributed by atoms with Crippen LogP contribution in [-0.4, -0.2) is 53.7 Å². The SMILES string of the molecule is CSc1cccc(NC(=O)N2CCCC[C@H]2CCN2CCCC2=O)c1. The third-order valence-corrected chi connectivity index (χ3v) is 5.84. The first kappa shape index (κ1) is 18.1. The molecule has 6 heteroatoms. The summed E-state index contributed by atoms with van der Waals surface area (Å²) < 4.78 is 0. The molecule has 2 aliphatic rings. The summed E-state index contributed by atoms with van der Waals surface area (Å²) in [4.78, 5) is 29.6. The van der Waals surface area contributed by atoms with Gasteiger partial charge in [0.05, 0.1) is 0 Å². The molecule has 2 fully saturated rings. The maximum Gasteiger partial charge on any atom is 0.322 e. The van der Waals surface area contributed by atoms with Crippen LogP contribution < -0.4 is 5.32 Å². The maximum absolute atomic E-state index is 12.8. The molecule has 2 saturated heterocycles. The fraction of sp³-hybridized carbons (Fsp3) is 0.579. The van der Waals surface area contributed by atoms with Crippen molar-refractivity contribution in [2.45, 2.75) is 49.5 Å². The average molecular weight is 362 g/mol. The fourth-order valence-corrected chi connectivity index (χ4v) is 4.17. The van der Waals surface area contributed by atoms with E-state index in [2.05, 4.69) is 5.32 Å². The predicted octanol–water partition coefficient (Wildman–Crippen LogP) is 3.81. The van der Waals surface area contributed by atoms with E-state index >= 15 is 0 Å². The van der Waals surface area contributed by atoms with Crippen molar-refractivity contribution in [1.82, 2.24) is 9.80 Å². The molecule has 3 amide bonds. The minimum Gasteiger partial charge on any atom is -0.343 e. The zero-order chi connectivity index (χ0) is 17.6. The molecule has 0 aromatic heterocycles. The van der Waals surface area contributed by atoms with Crippen molar-refractivity contribution in [1.29, 1.82) is 0 Å². The largest absolute Gasteiger partial charge is 0.343 e. The molecule has 3 rings (SSSR count). The lowest BCUT2D eigenvalue weighted by molar-refractivity contribution is -0.127. The van der Waals surface area contributed by atoms with Crippen LogP contribution >= 0.6 is 11.8 Å². The van der Waals surface area contributed by atoms with E-state index in [1.165, 1.54) is 0 Å². The van der Waals surface area contributed by atoms with Gasteiger partial charge < -0.3 is 15.1 Å². The van der Waals surface area contributed by atoms with E-state index in [0.29, 0.717) is 6.42 Å². The average Bonchev–Trinajstić information content (AvgIpc) is 3.05. The quantitative estimate of drug-likeness (QED) is 0.812. The first-order chi connectivity index (χ1) is 12.2. The van der Waals surface area contributed by atoms with Crippen LogP contribution in [-0.2, 0) is 4.79 Å². The van der Waals surface area contributed by atoms with E-state index in [0.717, 1.165) is 62.3 Å². The summed E-state index contributed by atoms with van der Waals surface area (Å²) in [6.07, 6.45) is 7.80. The van der Waals surface area contributed by atoms with Crippen LogP contribution in [0.15, 0.2) is 29.2 Å². The normalized spacial score (nSPS) is 20.8. The standard InChI is InChI=1S/C19H27N3O2S/c1-25-17-8-4-6-15(14-17)20-19(24)22-12-3-2-7-16(22)10-13-21-11-5-9-18(21)23/h4,6,8,14,16H,2-3,5,7,9-13H2,1H3,(H,20,24)/t16-/m0/s1. The van der Waals surface area contributed by atoms with Crippen LogP contribution in [0.4, 0.5) is 10.5 Å². The number of carbonyl (C=O) groups is 2. The van der Waals surface area contributed by atoms with E-state index < -0.39 is 0 Å². The number of carbonyl (C=O) groups excluding carboxylic acids is 2. The van der Waals surface area contributed by atoms with Crippen LogP contribution in [0.3, 0.4) is 0 Å². The van der Waals surface area contributed by atoms with E-state index in [-0.39, 0.29) is 18.0 Å². The number of benzene rings is 1. The molecule has 2 aliphatic heterocycles. The van der Waals surface area contributed by atoms with Gasteiger partial charge in [0.2, 0.25) is 5.91 Å². The topological polar surface area (TPSA) is 52.7 Å². The lowest BCUT2D eigenvalue weighted by atomic mass is 9.99. The van der Waals surface area contributed by atoms with Gasteiger partial charge in [0, 0.05) is 42.7 Å². The number of urea groups is 1. The van der Waals surface area contributed by atoms with Gasteiger partial charge in [-0.05, 0) is 56.6 Å². The Hall–Kier alpha value is -1.69. The van der Waals surface area contributed by atoms with Gasteiger partial charge >= 0.3 is 6.03 Å². The van der Waals surface area contributed by atoms with E-state index in [1.807, 2.05) is 40.3 Å². The molecule has 1 aromatic carbocycles. The van der Waals surface area contributed by atoms with Crippen molar-refractivity contribution in [3.8, 4) is 0 Å². The van der Waals surface area contributed by atoms with Crippen molar-refractivity contribution < 1.29 is 9.59 Å². The van der Waals surface area contributed by atoms with Crippen LogP contribution in [0, 0.1) is 0 Å². The van der Waals surface area contributed by atoms with Gasteiger partial charge in [-0.3, -0.25) is 4.79 Å². The van der Waals surface area contributed by atoms with Crippen molar-refractivity contribution in [2.24, 2.45) is 0 Å². The number of nitrogens with zero attached hydrogens (tertiary/aromatic N) is 2. The number of thioether (sulfide) groups is 1. The third-order valence-electron chi connectivity index (χ3n) is 5.11. The van der Waals surface area contributed by atoms with Crippen LogP contribution in [0.2, 0.25) is 0 Å². The zero-order valence-electron chi connectivity index (χ0n) is 14.9. The van der Waals surface area contributed by atoms with Crippen LogP contribution in [0.1, 0.15) is 38.5 Å². The molecule has 1 aromatic rings. The molecule has 0 bridgehead atoms. The number of anilines is 1. The Morgan fingerprint density at radius 3 is 2.92 bits per heavy atom. The molecule has 136 valence electrons. The van der Waals surface area contributed by atoms with Gasteiger partial charge in [-0.1, -0.05) is 6.07 Å². The summed E-state index contributed by atoms with van der Waals surface area (Å²) in [5.74, 6) is 0.265. The Bertz CT molecular complexity index is 622. The van der Waals surface area contributed by atoms with Crippen molar-refractivity contribution in [2.75, 3.05) is 31.2 Å². The summed E-state index contributed by atoms with van der Waals surface area (Å²) in [6, 6.07) is 8.15. The minimum absolute atomic E-state index is 0.0179. The number of rotatable bonds is 5. The molecule has 1 N–H and O–H groups in total. The smallest absolute Gasteiger partial charge is 0.322 e. The van der Waals surface area contributed by atoms with Gasteiger partial charge in [-0.2, -0.15) is 0 Å². The lowest BCUT2D eigenvalue weighted by Gasteiger charge is -2.36. The van der Waals surface area contributed by atoms with Crippen molar-refractivity contribution in [3.63, 3.8) is 0 Å². The van der Waals surface area contributed by atoms with E-state index in [4.69, 9.17) is 0 Å². The molecular weight excluding hydrogens is 334 g/mol. The molecule has 0 unspecified atom stereocenters. The summed E-state index contributed by atoms with van der Waals surface area (Å²) in [7, 11) is 0. The Morgan fingerprint density at radius 2 is 2.16 bits per heavy atom. The molecule has 1 atom stereocenters. The summed E-state index contributed by atoms with van der Waals surface area (Å²) in [6.45, 7) is 2.45. The highest BCUT2D eigenvalue weighted by Gasteiger charge is 2.28. The van der Waals surface area contributed by atoms with Crippen LogP contribution in [0.25, 0.3) is 0 Å². The number of piperidine rings is 1. The molecule has 0 radical (unpaired) electrons. The van der Waals surface area contributed by atoms with E-state index in [1.54, 1.807) is 11.8 Å². The number of amides is 3. The molecular formula is C19H27N3O2S. The van der Waals surface area contributed by atoms with Gasteiger partial charge in [0.25, 0.3) is 0 Å². The number of nitrogens with one attached hydrogen (secondary N) is 1. The Morgan fingerprint density at radius 1 is 1.28 bits per heavy atom. The monoisotopic (exact) mass is 361 g/mol. The number of hydrogen-bond donors (Lipinski definition) is 1. The second-order valence-electron chi connectivity index (χ2n) is 6.78. The predicted molar refractivity (Wildman–Crippen MR) is 102 cm³/mol. The summed E-state index contributed by atoms with van der Waals surface area (Å²) in [5.41, 5.74) is 0.843. The zero-order valence-corrected chi connectivity index (χ0v) is 15.7. The van der Waals surface area contributed by atoms with Crippen molar-refractivity contribution in [3.05, 3.63) is 24.3 Å². The second kappa shape index (κ2) is 8.61. The maximum atomic E-state index is 12.8. The highest BCUT2D eigenvalue weighted by molar-refractivity contribution is 7.98. The van der Waals surface area contributed by atoms with Gasteiger partial charge in [0.15, 0.2) is 0 Å². The Kier molecular flexibility index (Phi) is 6.24. The highest BCUT2D eigenvalue weighted by atomic mass is 32.2. The van der Waals surface area contributed by atoms with Crippen molar-refractivity contribution >= 4 is 29.4 Å². The molecule has 25 heavy (non-hydrogen) atoms. The molecule has 5 nitrogen and oxygen atoms in total. The molecule has 0 saturated carbocycles. The third kappa shape index (κ3) is 4.69. The second-order valence-corrected chi connectivity index (χ2v) is 7.66. The summed E-state index contributed by atoms with van der Waals surface area (Å²) >= 11 is 1.67. The first-order valence-corrected chi connectivity index (χ1v) is 10.4. The summed E-state index contributed by atoms with van der Waals surface area (Å²) in [5, 5.41) is 3.05.